The van der Waals surface area contributed by atoms with Crippen LogP contribution in [0.2, 0.25) is 0 Å². The highest BCUT2D eigenvalue weighted by molar-refractivity contribution is 7.22. The predicted octanol–water partition coefficient (Wildman–Crippen LogP) is 7.19. The fourth-order valence-electron chi connectivity index (χ4n) is 5.21. The van der Waals surface area contributed by atoms with Gasteiger partial charge in [-0.1, -0.05) is 53.8 Å². The maximum atomic E-state index is 13.8. The van der Waals surface area contributed by atoms with E-state index in [0.717, 1.165) is 26.9 Å². The molecule has 1 aliphatic heterocycles. The first-order chi connectivity index (χ1) is 20.2. The number of methoxy groups -OCH3 is 1. The van der Waals surface area contributed by atoms with Crippen molar-refractivity contribution in [2.75, 3.05) is 12.0 Å². The number of furan rings is 1. The van der Waals surface area contributed by atoms with E-state index in [0.29, 0.717) is 34.6 Å². The van der Waals surface area contributed by atoms with E-state index in [-0.39, 0.29) is 11.3 Å². The molecule has 0 saturated carbocycles. The van der Waals surface area contributed by atoms with Gasteiger partial charge in [0.25, 0.3) is 5.91 Å². The van der Waals surface area contributed by atoms with Crippen molar-refractivity contribution in [3.05, 3.63) is 118 Å². The highest BCUT2D eigenvalue weighted by Crippen LogP contribution is 2.46. The Morgan fingerprint density at radius 2 is 1.81 bits per heavy atom. The number of carbonyl (C=O) groups is 2. The van der Waals surface area contributed by atoms with Gasteiger partial charge in [-0.3, -0.25) is 14.5 Å². The molecule has 1 N–H and O–H groups in total. The minimum Gasteiger partial charge on any atom is -0.503 e. The van der Waals surface area contributed by atoms with Gasteiger partial charge in [0, 0.05) is 0 Å². The van der Waals surface area contributed by atoms with Crippen LogP contribution in [-0.2, 0) is 11.4 Å². The number of ketones is 1. The number of aromatic nitrogens is 1. The van der Waals surface area contributed by atoms with Crippen LogP contribution in [-0.4, -0.2) is 28.9 Å². The SMILES string of the molecule is COc1cc(C2C(C(=O)c3ccc(C)o3)=C(O)C(=O)N2c2nc3c(C)cc(C)cc3s2)ccc1OCc1ccccc1. The third kappa shape index (κ3) is 4.81. The zero-order valence-corrected chi connectivity index (χ0v) is 24.3. The van der Waals surface area contributed by atoms with E-state index in [1.54, 1.807) is 31.2 Å². The lowest BCUT2D eigenvalue weighted by Crippen LogP contribution is -2.31. The molecule has 0 saturated heterocycles. The Morgan fingerprint density at radius 3 is 2.52 bits per heavy atom. The molecule has 0 radical (unpaired) electrons. The maximum absolute atomic E-state index is 13.8. The Balaban J connectivity index is 1.45. The molecule has 0 aliphatic carbocycles. The number of rotatable bonds is 8. The minimum atomic E-state index is -0.991. The minimum absolute atomic E-state index is 0.0271. The third-order valence-electron chi connectivity index (χ3n) is 7.18. The molecule has 1 aliphatic rings. The molecular weight excluding hydrogens is 552 g/mol. The van der Waals surface area contributed by atoms with Crippen LogP contribution in [0.4, 0.5) is 5.13 Å². The number of aliphatic hydroxyl groups is 1. The second-order valence-corrected chi connectivity index (χ2v) is 11.2. The van der Waals surface area contributed by atoms with E-state index in [9.17, 15) is 14.7 Å². The summed E-state index contributed by atoms with van der Waals surface area (Å²) < 4.78 is 18.2. The van der Waals surface area contributed by atoms with Crippen LogP contribution in [0.3, 0.4) is 0 Å². The van der Waals surface area contributed by atoms with Gasteiger partial charge in [-0.2, -0.15) is 0 Å². The Kier molecular flexibility index (Phi) is 7.04. The Bertz CT molecular complexity index is 1870. The predicted molar refractivity (Wildman–Crippen MR) is 161 cm³/mol. The second kappa shape index (κ2) is 10.8. The average molecular weight is 581 g/mol. The molecule has 212 valence electrons. The van der Waals surface area contributed by atoms with Crippen LogP contribution in [0.25, 0.3) is 10.2 Å². The monoisotopic (exact) mass is 580 g/mol. The summed E-state index contributed by atoms with van der Waals surface area (Å²) in [5.74, 6) is -0.474. The molecule has 1 atom stereocenters. The summed E-state index contributed by atoms with van der Waals surface area (Å²) in [5, 5.41) is 11.5. The molecule has 1 amide bonds. The van der Waals surface area contributed by atoms with Gasteiger partial charge in [0.05, 0.1) is 28.9 Å². The number of carbonyl (C=O) groups excluding carboxylic acids is 2. The lowest BCUT2D eigenvalue weighted by Gasteiger charge is -2.25. The number of thiazole rings is 1. The van der Waals surface area contributed by atoms with Gasteiger partial charge >= 0.3 is 0 Å². The third-order valence-corrected chi connectivity index (χ3v) is 8.18. The number of aliphatic hydroxyl groups excluding tert-OH is 1. The normalized spacial score (nSPS) is 15.1. The molecule has 0 spiro atoms. The van der Waals surface area contributed by atoms with E-state index < -0.39 is 23.5 Å². The number of nitrogens with zero attached hydrogens (tertiary/aromatic N) is 2. The van der Waals surface area contributed by atoms with Crippen LogP contribution in [0.5, 0.6) is 11.5 Å². The second-order valence-electron chi connectivity index (χ2n) is 10.2. The first kappa shape index (κ1) is 27.3. The zero-order valence-electron chi connectivity index (χ0n) is 23.5. The molecule has 0 bridgehead atoms. The van der Waals surface area contributed by atoms with E-state index in [1.807, 2.05) is 56.3 Å². The number of hydrogen-bond acceptors (Lipinski definition) is 8. The topological polar surface area (TPSA) is 102 Å². The number of Topliss-reactive ketones (excluding diaryl/α,β-unsaturated/α-hetero) is 1. The average Bonchev–Trinajstić information content (AvgIpc) is 3.68. The van der Waals surface area contributed by atoms with E-state index in [2.05, 4.69) is 0 Å². The summed E-state index contributed by atoms with van der Waals surface area (Å²) in [6.07, 6.45) is 0. The van der Waals surface area contributed by atoms with Crippen LogP contribution >= 0.6 is 11.3 Å². The van der Waals surface area contributed by atoms with Gasteiger partial charge in [0.1, 0.15) is 12.4 Å². The van der Waals surface area contributed by atoms with Crippen molar-refractivity contribution in [2.45, 2.75) is 33.4 Å². The fourth-order valence-corrected chi connectivity index (χ4v) is 6.38. The highest BCUT2D eigenvalue weighted by Gasteiger charge is 2.47. The zero-order chi connectivity index (χ0) is 29.5. The van der Waals surface area contributed by atoms with Crippen LogP contribution in [0, 0.1) is 20.8 Å². The molecular formula is C33H28N2O6S. The number of fused-ring (bicyclic) bond motifs is 1. The summed E-state index contributed by atoms with van der Waals surface area (Å²) in [5.41, 5.74) is 4.23. The van der Waals surface area contributed by atoms with E-state index >= 15 is 0 Å². The van der Waals surface area contributed by atoms with E-state index in [1.165, 1.54) is 29.4 Å². The van der Waals surface area contributed by atoms with Crippen molar-refractivity contribution in [1.82, 2.24) is 4.98 Å². The smallest absolute Gasteiger partial charge is 0.296 e. The molecule has 2 aromatic heterocycles. The number of benzene rings is 3. The highest BCUT2D eigenvalue weighted by atomic mass is 32.1. The lowest BCUT2D eigenvalue weighted by molar-refractivity contribution is -0.117. The quantitative estimate of drug-likeness (QED) is 0.194. The van der Waals surface area contributed by atoms with Gasteiger partial charge in [-0.15, -0.1) is 0 Å². The van der Waals surface area contributed by atoms with Gasteiger partial charge in [0.15, 0.2) is 28.1 Å². The van der Waals surface area contributed by atoms with Crippen molar-refractivity contribution in [3.8, 4) is 11.5 Å². The molecule has 9 heteroatoms. The standard InChI is InChI=1S/C33H28N2O6S/c1-18-14-19(2)28-26(15-18)42-33(34-28)35-29(27(31(37)32(35)38)30(36)24-12-10-20(3)41-24)22-11-13-23(25(16-22)39-4)40-17-21-8-6-5-7-9-21/h5-16,29,37H,17H2,1-4H3. The van der Waals surface area contributed by atoms with Gasteiger partial charge < -0.3 is 19.0 Å². The van der Waals surface area contributed by atoms with Crippen LogP contribution in [0.1, 0.15) is 44.6 Å². The number of anilines is 1. The molecule has 0 fully saturated rings. The van der Waals surface area contributed by atoms with Gasteiger partial charge in [-0.25, -0.2) is 4.98 Å². The molecule has 3 aromatic carbocycles. The van der Waals surface area contributed by atoms with E-state index in [4.69, 9.17) is 18.9 Å². The molecule has 5 aromatic rings. The molecule has 8 nitrogen and oxygen atoms in total. The van der Waals surface area contributed by atoms with Crippen molar-refractivity contribution in [1.29, 1.82) is 0 Å². The van der Waals surface area contributed by atoms with Crippen molar-refractivity contribution in [2.24, 2.45) is 0 Å². The first-order valence-corrected chi connectivity index (χ1v) is 14.2. The van der Waals surface area contributed by atoms with Gasteiger partial charge in [-0.05, 0) is 73.4 Å². The summed E-state index contributed by atoms with van der Waals surface area (Å²) in [7, 11) is 1.52. The molecule has 42 heavy (non-hydrogen) atoms. The Hall–Kier alpha value is -4.89. The summed E-state index contributed by atoms with van der Waals surface area (Å²) in [6.45, 7) is 6.01. The number of aryl methyl sites for hydroxylation is 3. The molecule has 6 rings (SSSR count). The molecule has 1 unspecified atom stereocenters. The Morgan fingerprint density at radius 1 is 1.02 bits per heavy atom. The number of hydrogen-bond donors (Lipinski definition) is 1. The Labute approximate surface area is 246 Å². The van der Waals surface area contributed by atoms with Gasteiger partial charge in [0.2, 0.25) is 5.78 Å². The van der Waals surface area contributed by atoms with Crippen molar-refractivity contribution in [3.63, 3.8) is 0 Å². The number of ether oxygens (including phenoxy) is 2. The maximum Gasteiger partial charge on any atom is 0.296 e. The van der Waals surface area contributed by atoms with Crippen LogP contribution in [0.15, 0.2) is 88.5 Å². The molecule has 3 heterocycles. The summed E-state index contributed by atoms with van der Waals surface area (Å²) in [4.78, 5) is 33.6. The summed E-state index contributed by atoms with van der Waals surface area (Å²) in [6, 6.07) is 21.2. The first-order valence-electron chi connectivity index (χ1n) is 13.4. The lowest BCUT2D eigenvalue weighted by atomic mass is 9.95. The number of amides is 1. The fraction of sp³-hybridized carbons (Fsp3) is 0.182. The summed E-state index contributed by atoms with van der Waals surface area (Å²) >= 11 is 1.33. The van der Waals surface area contributed by atoms with Crippen molar-refractivity contribution >= 4 is 38.4 Å². The van der Waals surface area contributed by atoms with Crippen molar-refractivity contribution < 1.29 is 28.6 Å². The van der Waals surface area contributed by atoms with Crippen LogP contribution < -0.4 is 14.4 Å². The largest absolute Gasteiger partial charge is 0.503 e.